The highest BCUT2D eigenvalue weighted by molar-refractivity contribution is 9.10. The Kier molecular flexibility index (Phi) is 4.19. The topological polar surface area (TPSA) is 37.5 Å². The second-order valence-electron chi connectivity index (χ2n) is 5.75. The van der Waals surface area contributed by atoms with E-state index >= 15 is 0 Å². The highest BCUT2D eigenvalue weighted by Crippen LogP contribution is 2.38. The van der Waals surface area contributed by atoms with E-state index < -0.39 is 0 Å². The lowest BCUT2D eigenvalue weighted by Gasteiger charge is -2.05. The van der Waals surface area contributed by atoms with Gasteiger partial charge in [0.25, 0.3) is 0 Å². The van der Waals surface area contributed by atoms with Crippen molar-refractivity contribution in [3.63, 3.8) is 0 Å². The number of rotatable bonds is 2. The zero-order chi connectivity index (χ0) is 17.6. The van der Waals surface area contributed by atoms with Crippen LogP contribution in [0, 0.1) is 10.9 Å². The van der Waals surface area contributed by atoms with Gasteiger partial charge >= 0.3 is 0 Å². The number of nitrogens with zero attached hydrogens (tertiary/aromatic N) is 2. The standard InChI is InChI=1S/C19H13BrN2OS2/c1-11-2-5-14(6-3-11)22-18(23)17(25-19(22)24)8-12-10-21-16-7-4-13(20)9-15(12)16/h2-10,23H,1H3/b12-8-. The molecule has 0 atom stereocenters. The van der Waals surface area contributed by atoms with Crippen LogP contribution < -0.4 is 0 Å². The molecule has 124 valence electrons. The van der Waals surface area contributed by atoms with Crippen LogP contribution in [0.5, 0.6) is 5.88 Å². The lowest BCUT2D eigenvalue weighted by atomic mass is 10.1. The molecule has 0 radical (unpaired) electrons. The van der Waals surface area contributed by atoms with Gasteiger partial charge in [-0.1, -0.05) is 33.6 Å². The fraction of sp³-hybridized carbons (Fsp3) is 0.0526. The van der Waals surface area contributed by atoms with E-state index in [4.69, 9.17) is 12.2 Å². The molecule has 3 nitrogen and oxygen atoms in total. The zero-order valence-electron chi connectivity index (χ0n) is 13.2. The predicted molar refractivity (Wildman–Crippen MR) is 111 cm³/mol. The van der Waals surface area contributed by atoms with Crippen molar-refractivity contribution in [3.05, 3.63) is 66.9 Å². The number of halogens is 1. The van der Waals surface area contributed by atoms with Gasteiger partial charge in [-0.15, -0.1) is 11.3 Å². The first-order valence-corrected chi connectivity index (χ1v) is 9.62. The Bertz CT molecular complexity index is 1090. The summed E-state index contributed by atoms with van der Waals surface area (Å²) in [4.78, 5) is 5.14. The van der Waals surface area contributed by atoms with Crippen molar-refractivity contribution in [3.8, 4) is 11.6 Å². The molecular weight excluding hydrogens is 416 g/mol. The number of fused-ring (bicyclic) bond motifs is 1. The smallest absolute Gasteiger partial charge is 0.215 e. The minimum Gasteiger partial charge on any atom is -0.493 e. The molecule has 0 spiro atoms. The van der Waals surface area contributed by atoms with Gasteiger partial charge in [0.15, 0.2) is 3.95 Å². The largest absolute Gasteiger partial charge is 0.493 e. The summed E-state index contributed by atoms with van der Waals surface area (Å²) >= 11 is 10.3. The number of aromatic nitrogens is 1. The number of allylic oxidation sites excluding steroid dienone is 1. The minimum atomic E-state index is 0.156. The number of thiazole rings is 1. The maximum absolute atomic E-state index is 10.7. The molecule has 0 saturated heterocycles. The van der Waals surface area contributed by atoms with Crippen LogP contribution in [0.15, 0.2) is 51.9 Å². The quantitative estimate of drug-likeness (QED) is 0.486. The summed E-state index contributed by atoms with van der Waals surface area (Å²) in [5, 5.41) is 10.7. The number of benzene rings is 2. The fourth-order valence-corrected chi connectivity index (χ4v) is 4.38. The zero-order valence-corrected chi connectivity index (χ0v) is 16.5. The van der Waals surface area contributed by atoms with Gasteiger partial charge in [0.1, 0.15) is 0 Å². The van der Waals surface area contributed by atoms with Crippen LogP contribution in [0.3, 0.4) is 0 Å². The van der Waals surface area contributed by atoms with E-state index in [2.05, 4.69) is 20.9 Å². The number of aryl methyl sites for hydroxylation is 1. The van der Waals surface area contributed by atoms with Gasteiger partial charge in [0.2, 0.25) is 5.88 Å². The van der Waals surface area contributed by atoms with E-state index in [1.54, 1.807) is 4.57 Å². The Morgan fingerprint density at radius 3 is 2.72 bits per heavy atom. The third kappa shape index (κ3) is 3.01. The van der Waals surface area contributed by atoms with Crippen LogP contribution in [0.2, 0.25) is 0 Å². The first-order chi connectivity index (χ1) is 12.0. The molecule has 4 rings (SSSR count). The third-order valence-corrected chi connectivity index (χ3v) is 5.81. The van der Waals surface area contributed by atoms with Crippen molar-refractivity contribution < 1.29 is 5.11 Å². The van der Waals surface area contributed by atoms with E-state index in [9.17, 15) is 5.11 Å². The highest BCUT2D eigenvalue weighted by Gasteiger charge is 2.16. The molecule has 25 heavy (non-hydrogen) atoms. The van der Waals surface area contributed by atoms with Crippen LogP contribution in [0.4, 0.5) is 5.69 Å². The van der Waals surface area contributed by atoms with E-state index in [0.29, 0.717) is 3.95 Å². The van der Waals surface area contributed by atoms with Gasteiger partial charge in [0, 0.05) is 21.8 Å². The van der Waals surface area contributed by atoms with E-state index in [1.165, 1.54) is 11.3 Å². The maximum Gasteiger partial charge on any atom is 0.215 e. The molecule has 0 bridgehead atoms. The molecule has 3 aromatic rings. The Morgan fingerprint density at radius 2 is 1.96 bits per heavy atom. The van der Waals surface area contributed by atoms with Crippen LogP contribution in [0.25, 0.3) is 17.3 Å². The molecule has 1 aliphatic rings. The average molecular weight is 429 g/mol. The summed E-state index contributed by atoms with van der Waals surface area (Å²) in [7, 11) is 0. The second kappa shape index (κ2) is 6.37. The van der Waals surface area contributed by atoms with Gasteiger partial charge in [-0.05, 0) is 55.5 Å². The summed E-state index contributed by atoms with van der Waals surface area (Å²) < 4.78 is 3.30. The Morgan fingerprint density at radius 1 is 1.20 bits per heavy atom. The number of hydrogen-bond donors (Lipinski definition) is 1. The molecule has 0 fully saturated rings. The third-order valence-electron chi connectivity index (χ3n) is 4.00. The summed E-state index contributed by atoms with van der Waals surface area (Å²) in [5.74, 6) is 0.156. The molecule has 6 heteroatoms. The van der Waals surface area contributed by atoms with Crippen LogP contribution in [0.1, 0.15) is 16.0 Å². The lowest BCUT2D eigenvalue weighted by Crippen LogP contribution is -1.93. The molecule has 0 aliphatic carbocycles. The normalized spacial score (nSPS) is 14.2. The molecule has 0 amide bonds. The SMILES string of the molecule is Cc1ccc(-n2c(O)c(/C=C3/C=Nc4ccc(Br)cc43)sc2=S)cc1. The molecule has 2 heterocycles. The number of aromatic hydroxyl groups is 1. The predicted octanol–water partition coefficient (Wildman–Crippen LogP) is 6.30. The van der Waals surface area contributed by atoms with Crippen LogP contribution in [-0.4, -0.2) is 15.9 Å². The first kappa shape index (κ1) is 16.4. The van der Waals surface area contributed by atoms with Gasteiger partial charge in [-0.25, -0.2) is 0 Å². The monoisotopic (exact) mass is 428 g/mol. The Balaban J connectivity index is 1.81. The van der Waals surface area contributed by atoms with Crippen molar-refractivity contribution in [2.45, 2.75) is 6.92 Å². The summed E-state index contributed by atoms with van der Waals surface area (Å²) in [6.45, 7) is 2.03. The van der Waals surface area contributed by atoms with Crippen molar-refractivity contribution in [2.24, 2.45) is 4.99 Å². The minimum absolute atomic E-state index is 0.156. The first-order valence-electron chi connectivity index (χ1n) is 7.60. The average Bonchev–Trinajstić information content (AvgIpc) is 3.10. The highest BCUT2D eigenvalue weighted by atomic mass is 79.9. The van der Waals surface area contributed by atoms with Crippen LogP contribution in [-0.2, 0) is 0 Å². The maximum atomic E-state index is 10.7. The van der Waals surface area contributed by atoms with E-state index in [-0.39, 0.29) is 5.88 Å². The molecule has 1 aliphatic heterocycles. The van der Waals surface area contributed by atoms with Gasteiger partial charge in [-0.2, -0.15) is 0 Å². The summed E-state index contributed by atoms with van der Waals surface area (Å²) in [6, 6.07) is 13.9. The Hall–Kier alpha value is -2.02. The molecule has 1 N–H and O–H groups in total. The van der Waals surface area contributed by atoms with Crippen molar-refractivity contribution in [1.29, 1.82) is 0 Å². The second-order valence-corrected chi connectivity index (χ2v) is 8.34. The van der Waals surface area contributed by atoms with Gasteiger partial charge in [-0.3, -0.25) is 9.56 Å². The van der Waals surface area contributed by atoms with Crippen LogP contribution >= 0.6 is 39.5 Å². The lowest BCUT2D eigenvalue weighted by molar-refractivity contribution is 0.441. The number of aliphatic imine (C=N–C) groups is 1. The summed E-state index contributed by atoms with van der Waals surface area (Å²) in [6.07, 6.45) is 3.75. The fourth-order valence-electron chi connectivity index (χ4n) is 2.71. The number of hydrogen-bond acceptors (Lipinski definition) is 4. The molecule has 0 unspecified atom stereocenters. The van der Waals surface area contributed by atoms with Crippen molar-refractivity contribution >= 4 is 63.0 Å². The van der Waals surface area contributed by atoms with Crippen molar-refractivity contribution in [2.75, 3.05) is 0 Å². The van der Waals surface area contributed by atoms with E-state index in [1.807, 2.05) is 61.7 Å². The van der Waals surface area contributed by atoms with E-state index in [0.717, 1.165) is 37.4 Å². The molecule has 0 saturated carbocycles. The summed E-state index contributed by atoms with van der Waals surface area (Å²) in [5.41, 5.74) is 4.94. The molecular formula is C19H13BrN2OS2. The molecule has 1 aromatic heterocycles. The van der Waals surface area contributed by atoms with Gasteiger partial charge < -0.3 is 5.11 Å². The van der Waals surface area contributed by atoms with Gasteiger partial charge in [0.05, 0.1) is 16.3 Å². The van der Waals surface area contributed by atoms with Crippen molar-refractivity contribution in [1.82, 2.24) is 4.57 Å². The Labute approximate surface area is 162 Å². The molecule has 2 aromatic carbocycles.